The van der Waals surface area contributed by atoms with E-state index in [1.54, 1.807) is 11.3 Å². The van der Waals surface area contributed by atoms with Gasteiger partial charge >= 0.3 is 5.97 Å². The molecule has 6 heteroatoms. The van der Waals surface area contributed by atoms with Crippen LogP contribution >= 0.6 is 44.8 Å². The molecule has 3 nitrogen and oxygen atoms in total. The lowest BCUT2D eigenvalue weighted by atomic mass is 10.3. The van der Waals surface area contributed by atoms with Crippen molar-refractivity contribution in [2.75, 3.05) is 6.61 Å². The molecular weight excluding hydrogens is 539 g/mol. The molecule has 0 saturated heterocycles. The van der Waals surface area contributed by atoms with Gasteiger partial charge in [-0.3, -0.25) is 0 Å². The molecule has 0 bridgehead atoms. The number of thiol groups is 1. The van der Waals surface area contributed by atoms with Crippen molar-refractivity contribution in [1.82, 2.24) is 0 Å². The zero-order chi connectivity index (χ0) is 21.5. The van der Waals surface area contributed by atoms with Gasteiger partial charge in [0.25, 0.3) is 0 Å². The predicted molar refractivity (Wildman–Crippen MR) is 135 cm³/mol. The Hall–Kier alpha value is -2.29. The van der Waals surface area contributed by atoms with Crippen LogP contribution in [0.5, 0.6) is 5.75 Å². The van der Waals surface area contributed by atoms with Crippen molar-refractivity contribution in [1.29, 1.82) is 0 Å². The van der Waals surface area contributed by atoms with Gasteiger partial charge in [0.2, 0.25) is 0 Å². The highest BCUT2D eigenvalue weighted by Crippen LogP contribution is 2.51. The van der Waals surface area contributed by atoms with E-state index in [4.69, 9.17) is 9.47 Å². The maximum absolute atomic E-state index is 12.0. The summed E-state index contributed by atoms with van der Waals surface area (Å²) < 4.78 is 12.1. The largest absolute Gasteiger partial charge is 0.482 e. The summed E-state index contributed by atoms with van der Waals surface area (Å²) in [5, 5.41) is 0. The highest BCUT2D eigenvalue weighted by atomic mass is 127. The van der Waals surface area contributed by atoms with Crippen molar-refractivity contribution >= 4 is 50.8 Å². The molecule has 4 rings (SSSR count). The van der Waals surface area contributed by atoms with Crippen LogP contribution in [0.3, 0.4) is 0 Å². The normalized spacial score (nSPS) is 11.1. The Morgan fingerprint density at radius 1 is 0.774 bits per heavy atom. The Morgan fingerprint density at radius 2 is 1.35 bits per heavy atom. The monoisotopic (exact) mass is 560 g/mol. The molecule has 0 aliphatic rings. The van der Waals surface area contributed by atoms with E-state index in [9.17, 15) is 4.79 Å². The van der Waals surface area contributed by atoms with Crippen LogP contribution in [0, 0.1) is 2.88 Å². The van der Waals surface area contributed by atoms with E-state index in [2.05, 4.69) is 83.3 Å². The summed E-state index contributed by atoms with van der Waals surface area (Å²) in [6.07, 6.45) is 0. The number of carbonyl (C=O) groups excluding carboxylic acids is 1. The number of hydrogen-bond donors (Lipinski definition) is 1. The fraction of sp³-hybridized carbons (Fsp3) is 0.0800. The molecular formula is C25H21IO3S2. The predicted octanol–water partition coefficient (Wildman–Crippen LogP) is 6.95. The molecule has 0 spiro atoms. The van der Waals surface area contributed by atoms with E-state index in [1.165, 1.54) is 17.6 Å². The molecule has 0 fully saturated rings. The minimum absolute atomic E-state index is 0.103. The lowest BCUT2D eigenvalue weighted by Crippen LogP contribution is -2.14. The molecule has 0 aliphatic heterocycles. The van der Waals surface area contributed by atoms with Gasteiger partial charge in [0, 0.05) is 4.88 Å². The number of ether oxygens (including phenoxy) is 2. The average Bonchev–Trinajstić information content (AvgIpc) is 3.24. The van der Waals surface area contributed by atoms with E-state index in [1.807, 2.05) is 36.4 Å². The SMILES string of the molecule is O=C(COc1ccc([SH](c2ccccc2)c2ccccc2)cc1)OCc1ccc(I)s1. The number of esters is 1. The van der Waals surface area contributed by atoms with Gasteiger partial charge < -0.3 is 9.47 Å². The second-order valence-corrected chi connectivity index (χ2v) is 11.9. The van der Waals surface area contributed by atoms with Gasteiger partial charge in [-0.05, 0) is 97.9 Å². The fourth-order valence-electron chi connectivity index (χ4n) is 3.06. The van der Waals surface area contributed by atoms with Crippen LogP contribution in [-0.4, -0.2) is 12.6 Å². The first-order valence-electron chi connectivity index (χ1n) is 9.72. The number of thiophene rings is 1. The molecule has 4 aromatic rings. The number of halogens is 1. The van der Waals surface area contributed by atoms with Crippen molar-refractivity contribution < 1.29 is 14.3 Å². The van der Waals surface area contributed by atoms with Gasteiger partial charge in [-0.1, -0.05) is 36.4 Å². The summed E-state index contributed by atoms with van der Waals surface area (Å²) in [6.45, 7) is 0.182. The molecule has 0 radical (unpaired) electrons. The van der Waals surface area contributed by atoms with Gasteiger partial charge in [-0.15, -0.1) is 11.3 Å². The Kier molecular flexibility index (Phi) is 7.66. The third-order valence-corrected chi connectivity index (χ3v) is 8.80. The smallest absolute Gasteiger partial charge is 0.344 e. The topological polar surface area (TPSA) is 35.5 Å². The molecule has 1 heterocycles. The molecule has 1 aromatic heterocycles. The number of rotatable bonds is 8. The first-order valence-corrected chi connectivity index (χ1v) is 13.0. The molecule has 158 valence electrons. The number of benzene rings is 3. The highest BCUT2D eigenvalue weighted by Gasteiger charge is 2.13. The molecule has 0 atom stereocenters. The third kappa shape index (κ3) is 6.12. The Morgan fingerprint density at radius 3 is 1.90 bits per heavy atom. The minimum atomic E-state index is -0.656. The van der Waals surface area contributed by atoms with E-state index in [0.29, 0.717) is 5.75 Å². The van der Waals surface area contributed by atoms with E-state index < -0.39 is 10.9 Å². The summed E-state index contributed by atoms with van der Waals surface area (Å²) in [5.74, 6) is 0.283. The summed E-state index contributed by atoms with van der Waals surface area (Å²) in [6, 6.07) is 33.1. The van der Waals surface area contributed by atoms with Crippen molar-refractivity contribution in [2.45, 2.75) is 21.3 Å². The lowest BCUT2D eigenvalue weighted by molar-refractivity contribution is -0.147. The third-order valence-electron chi connectivity index (χ3n) is 4.48. The number of carbonyl (C=O) groups is 1. The summed E-state index contributed by atoms with van der Waals surface area (Å²) in [7, 11) is -0.656. The van der Waals surface area contributed by atoms with Crippen LogP contribution in [-0.2, 0) is 16.1 Å². The Balaban J connectivity index is 1.41. The molecule has 3 aromatic carbocycles. The van der Waals surface area contributed by atoms with Crippen LogP contribution < -0.4 is 4.74 Å². The fourth-order valence-corrected chi connectivity index (χ4v) is 7.01. The zero-order valence-electron chi connectivity index (χ0n) is 16.6. The first kappa shape index (κ1) is 21.9. The Bertz CT molecular complexity index is 1070. The van der Waals surface area contributed by atoms with Crippen molar-refractivity contribution in [3.8, 4) is 5.75 Å². The molecule has 31 heavy (non-hydrogen) atoms. The number of hydrogen-bond acceptors (Lipinski definition) is 4. The van der Waals surface area contributed by atoms with Crippen LogP contribution in [0.25, 0.3) is 0 Å². The van der Waals surface area contributed by atoms with Crippen LogP contribution in [0.2, 0.25) is 0 Å². The zero-order valence-corrected chi connectivity index (χ0v) is 20.5. The first-order chi connectivity index (χ1) is 15.2. The van der Waals surface area contributed by atoms with Gasteiger partial charge in [-0.2, -0.15) is 10.9 Å². The maximum atomic E-state index is 12.0. The van der Waals surface area contributed by atoms with E-state index >= 15 is 0 Å². The average molecular weight is 560 g/mol. The summed E-state index contributed by atoms with van der Waals surface area (Å²) >= 11 is 3.87. The highest BCUT2D eigenvalue weighted by molar-refractivity contribution is 14.1. The van der Waals surface area contributed by atoms with Crippen LogP contribution in [0.4, 0.5) is 0 Å². The second-order valence-electron chi connectivity index (χ2n) is 6.66. The minimum Gasteiger partial charge on any atom is -0.482 e. The summed E-state index contributed by atoms with van der Waals surface area (Å²) in [4.78, 5) is 16.8. The maximum Gasteiger partial charge on any atom is 0.344 e. The quantitative estimate of drug-likeness (QED) is 0.144. The van der Waals surface area contributed by atoms with E-state index in [0.717, 1.165) is 4.88 Å². The Labute approximate surface area is 202 Å². The summed E-state index contributed by atoms with van der Waals surface area (Å²) in [5.41, 5.74) is 0. The van der Waals surface area contributed by atoms with Crippen LogP contribution in [0.15, 0.2) is 112 Å². The van der Waals surface area contributed by atoms with Crippen molar-refractivity contribution in [2.24, 2.45) is 0 Å². The van der Waals surface area contributed by atoms with Gasteiger partial charge in [0.1, 0.15) is 12.4 Å². The van der Waals surface area contributed by atoms with Crippen molar-refractivity contribution in [3.63, 3.8) is 0 Å². The molecule has 0 unspecified atom stereocenters. The lowest BCUT2D eigenvalue weighted by Gasteiger charge is -2.23. The van der Waals surface area contributed by atoms with Crippen molar-refractivity contribution in [3.05, 3.63) is 105 Å². The van der Waals surface area contributed by atoms with Gasteiger partial charge in [0.15, 0.2) is 6.61 Å². The van der Waals surface area contributed by atoms with Gasteiger partial charge in [0.05, 0.1) is 2.88 Å². The van der Waals surface area contributed by atoms with Gasteiger partial charge in [-0.25, -0.2) is 4.79 Å². The molecule has 0 amide bonds. The standard InChI is InChI=1S/C25H21IO3S2/c26-24-16-13-20(30-24)17-29-25(27)18-28-19-11-14-23(15-12-19)31(21-7-3-1-4-8-21)22-9-5-2-6-10-22/h1-16,31H,17-18H2. The molecule has 0 aliphatic carbocycles. The molecule has 0 saturated carbocycles. The second kappa shape index (κ2) is 10.8. The van der Waals surface area contributed by atoms with E-state index in [-0.39, 0.29) is 19.2 Å². The van der Waals surface area contributed by atoms with Crippen LogP contribution in [0.1, 0.15) is 4.88 Å². The molecule has 0 N–H and O–H groups in total.